The molecule has 2 unspecified atom stereocenters. The summed E-state index contributed by atoms with van der Waals surface area (Å²) in [5.74, 6) is 0.126. The SMILES string of the molecule is CC.CC(C)C.CCC.CCC(C)CC(F)(F)F.CCC(C)CC(F)(F)F.CCCC.CCCCC.[2H]C(C)(C)C.[2H]C([2H])(C)C(C)(C)C.[2H]C([2H])(C)C(C)C.[2H]C([2H])(C)CC.[2H]C1(C)CCCC1.[2H]C1(C)CCCCC1. The molecule has 0 aromatic rings. The fourth-order valence-corrected chi connectivity index (χ4v) is 3.57. The molecule has 0 heterocycles. The van der Waals surface area contributed by atoms with E-state index < -0.39 is 44.3 Å². The predicted octanol–water partition coefficient (Wildman–Crippen LogP) is 26.8. The molecule has 0 bridgehead atoms. The molecule has 2 fully saturated rings. The molecule has 2 rings (SSSR count). The van der Waals surface area contributed by atoms with Crippen molar-refractivity contribution in [2.75, 3.05) is 0 Å². The first-order valence-corrected chi connectivity index (χ1v) is 27.7. The minimum absolute atomic E-state index is 0.0556. The summed E-state index contributed by atoms with van der Waals surface area (Å²) in [6, 6.07) is 0. The molecule has 0 amide bonds. The first-order valence-electron chi connectivity index (χ1n) is 32.2. The van der Waals surface area contributed by atoms with E-state index in [-0.39, 0.29) is 40.9 Å². The van der Waals surface area contributed by atoms with Crippen LogP contribution >= 0.6 is 0 Å². The number of hydrogen-bond acceptors (Lipinski definition) is 0. The van der Waals surface area contributed by atoms with Crippen molar-refractivity contribution < 1.29 is 38.7 Å². The number of halogens is 6. The molecule has 2 aliphatic rings. The van der Waals surface area contributed by atoms with Crippen LogP contribution in [0.2, 0.25) is 0 Å². The maximum Gasteiger partial charge on any atom is 0.389 e. The van der Waals surface area contributed by atoms with Gasteiger partial charge >= 0.3 is 12.4 Å². The molecule has 0 saturated heterocycles. The highest BCUT2D eigenvalue weighted by Crippen LogP contribution is 2.27. The molecule has 6 heteroatoms. The van der Waals surface area contributed by atoms with Gasteiger partial charge in [0.05, 0.1) is 0 Å². The topological polar surface area (TPSA) is 0 Å². The Hall–Kier alpha value is -0.420. The number of unbranched alkanes of at least 4 members (excludes halogenated alkanes) is 3. The smallest absolute Gasteiger partial charge is 0.171 e. The van der Waals surface area contributed by atoms with Crippen molar-refractivity contribution in [2.24, 2.45) is 46.8 Å². The van der Waals surface area contributed by atoms with E-state index >= 15 is 0 Å². The van der Waals surface area contributed by atoms with E-state index in [1.165, 1.54) is 70.6 Å². The Morgan fingerprint density at radius 3 is 0.765 bits per heavy atom. The molecule has 2 saturated carbocycles. The molecule has 0 N–H and O–H groups in total. The van der Waals surface area contributed by atoms with Gasteiger partial charge in [0.1, 0.15) is 0 Å². The zero-order chi connectivity index (χ0) is 65.0. The van der Waals surface area contributed by atoms with Crippen molar-refractivity contribution in [3.05, 3.63) is 0 Å². The monoisotopic (exact) mass is 1010 g/mol. The minimum atomic E-state index is -3.98. The van der Waals surface area contributed by atoms with E-state index in [1.54, 1.807) is 48.5 Å². The maximum absolute atomic E-state index is 11.5. The second-order valence-electron chi connectivity index (χ2n) is 20.3. The Balaban J connectivity index is -0.0000000691. The average Bonchev–Trinajstić information content (AvgIpc) is 3.64. The fraction of sp³-hybridized carbons (Fsp3) is 1.00. The van der Waals surface area contributed by atoms with E-state index in [9.17, 15) is 26.3 Å². The Morgan fingerprint density at radius 2 is 0.706 bits per heavy atom. The first kappa shape index (κ1) is 69.7. The van der Waals surface area contributed by atoms with Crippen molar-refractivity contribution in [3.63, 3.8) is 0 Å². The Morgan fingerprint density at radius 1 is 0.500 bits per heavy atom. The van der Waals surface area contributed by atoms with Crippen molar-refractivity contribution in [1.82, 2.24) is 0 Å². The van der Waals surface area contributed by atoms with E-state index in [4.69, 9.17) is 12.3 Å². The van der Waals surface area contributed by atoms with Gasteiger partial charge in [-0.15, -0.1) is 0 Å². The molecular weight excluding hydrogens is 859 g/mol. The van der Waals surface area contributed by atoms with Gasteiger partial charge < -0.3 is 0 Å². The summed E-state index contributed by atoms with van der Waals surface area (Å²) in [5, 5.41) is 0. The van der Waals surface area contributed by atoms with Gasteiger partial charge in [-0.2, -0.15) is 26.3 Å². The second-order valence-corrected chi connectivity index (χ2v) is 20.3. The lowest BCUT2D eigenvalue weighted by atomic mass is 9.91. The van der Waals surface area contributed by atoms with Gasteiger partial charge in [0, 0.05) is 25.2 Å². The lowest BCUT2D eigenvalue weighted by molar-refractivity contribution is -0.144. The van der Waals surface area contributed by atoms with Crippen LogP contribution in [-0.4, -0.2) is 12.4 Å². The Bertz CT molecular complexity index is 1030. The van der Waals surface area contributed by atoms with E-state index in [2.05, 4.69) is 62.3 Å². The molecule has 0 nitrogen and oxygen atoms in total. The highest BCUT2D eigenvalue weighted by molar-refractivity contribution is 4.61. The van der Waals surface area contributed by atoms with Crippen LogP contribution in [0.25, 0.3) is 0 Å². The van der Waals surface area contributed by atoms with E-state index in [1.807, 2.05) is 90.0 Å². The van der Waals surface area contributed by atoms with Crippen LogP contribution < -0.4 is 0 Å². The maximum atomic E-state index is 11.5. The van der Waals surface area contributed by atoms with Crippen LogP contribution in [0.4, 0.5) is 26.3 Å². The molecule has 68 heavy (non-hydrogen) atoms. The standard InChI is InChI=1S/C7H14.2C6H11F3.C6H12.C6H14.2C5H12.4C4H10.C3H8.C2H6/c1-7-5-3-2-4-6-7;2*1-3-5(2)4-6(7,8)9;1-6-4-2-3-5-6;1-5-6(2,3)4;1-4-5(2)3;1-3-5-4-2;2*1-4(2)3;2*1-3-4-2;1-3-2;1-2/h7H,2-6H2,1H3;2*5H,3-4H2,1-2H3;6H,2-5H2,1H3;5H2,1-4H3;5H,4H2,1-3H3;3-5H2,1-2H3;2*4H,1-3H3;2*3-4H2,1-2H3;3H2,1-2H3;1-2H3/i7D;;;6D;5D2;4D2;;4D;;3D2;;;. The largest absolute Gasteiger partial charge is 0.389 e. The Kier molecular flexibility index (Phi) is 77.4. The molecule has 2 atom stereocenters. The third-order valence-corrected chi connectivity index (χ3v) is 8.61. The lowest BCUT2D eigenvalue weighted by Gasteiger charge is -2.15. The van der Waals surface area contributed by atoms with E-state index in [0.717, 1.165) is 31.6 Å². The van der Waals surface area contributed by atoms with Crippen LogP contribution in [0.3, 0.4) is 0 Å². The lowest BCUT2D eigenvalue weighted by Crippen LogP contribution is -2.12. The van der Waals surface area contributed by atoms with Crippen LogP contribution in [0.5, 0.6) is 0 Å². The van der Waals surface area contributed by atoms with Gasteiger partial charge in [-0.25, -0.2) is 0 Å². The highest BCUT2D eigenvalue weighted by atomic mass is 19.4. The van der Waals surface area contributed by atoms with Gasteiger partial charge in [-0.3, -0.25) is 0 Å². The molecule has 0 radical (unpaired) electrons. The second kappa shape index (κ2) is 75.5. The summed E-state index contributed by atoms with van der Waals surface area (Å²) in [5.41, 5.74) is -0.229. The molecule has 0 aromatic heterocycles. The fourth-order valence-electron chi connectivity index (χ4n) is 3.57. The van der Waals surface area contributed by atoms with E-state index in [0.29, 0.717) is 19.3 Å². The van der Waals surface area contributed by atoms with Crippen molar-refractivity contribution in [1.29, 1.82) is 0 Å². The predicted molar refractivity (Wildman–Crippen MR) is 310 cm³/mol. The van der Waals surface area contributed by atoms with Crippen molar-refractivity contribution >= 4 is 0 Å². The minimum Gasteiger partial charge on any atom is -0.171 e. The zero-order valence-electron chi connectivity index (χ0n) is 61.2. The highest BCUT2D eigenvalue weighted by Gasteiger charge is 2.29. The van der Waals surface area contributed by atoms with Crippen molar-refractivity contribution in [3.8, 4) is 0 Å². The van der Waals surface area contributed by atoms with Crippen LogP contribution in [-0.2, 0) is 0 Å². The third kappa shape index (κ3) is 194. The molecule has 430 valence electrons. The summed E-state index contributed by atoms with van der Waals surface area (Å²) in [7, 11) is 0. The number of alkyl halides is 6. The summed E-state index contributed by atoms with van der Waals surface area (Å²) in [4.78, 5) is 0. The normalized spacial score (nSPS) is 17.3. The van der Waals surface area contributed by atoms with Crippen LogP contribution in [0, 0.1) is 46.8 Å². The molecule has 2 aliphatic carbocycles. The molecular formula is C62H140F6. The van der Waals surface area contributed by atoms with Gasteiger partial charge in [-0.1, -0.05) is 335 Å². The zero-order valence-corrected chi connectivity index (χ0v) is 52.2. The van der Waals surface area contributed by atoms with Gasteiger partial charge in [0.15, 0.2) is 0 Å². The Labute approximate surface area is 445 Å². The van der Waals surface area contributed by atoms with Gasteiger partial charge in [0.25, 0.3) is 0 Å². The first-order chi connectivity index (χ1) is 34.1. The van der Waals surface area contributed by atoms with Crippen LogP contribution in [0.15, 0.2) is 0 Å². The van der Waals surface area contributed by atoms with Crippen molar-refractivity contribution in [2.45, 2.75) is 361 Å². The van der Waals surface area contributed by atoms with Gasteiger partial charge in [-0.05, 0) is 46.8 Å². The molecule has 0 aliphatic heterocycles. The molecule has 0 aromatic carbocycles. The number of rotatable bonds is 9. The molecule has 0 spiro atoms. The number of hydrogen-bond donors (Lipinski definition) is 0. The van der Waals surface area contributed by atoms with Crippen LogP contribution in [0.1, 0.15) is 361 Å². The summed E-state index contributed by atoms with van der Waals surface area (Å²) < 4.78 is 133. The summed E-state index contributed by atoms with van der Waals surface area (Å²) >= 11 is 0. The summed E-state index contributed by atoms with van der Waals surface area (Å²) in [6.45, 7) is 55.9. The third-order valence-electron chi connectivity index (χ3n) is 8.61. The summed E-state index contributed by atoms with van der Waals surface area (Å²) in [6.07, 6.45) is 8.43. The average molecular weight is 1010 g/mol. The quantitative estimate of drug-likeness (QED) is 0.202. The van der Waals surface area contributed by atoms with Gasteiger partial charge in [0.2, 0.25) is 0 Å².